The molecule has 0 aromatic heterocycles. The molecular formula is C22H16N2O5. The van der Waals surface area contributed by atoms with Crippen molar-refractivity contribution < 1.29 is 23.8 Å². The smallest absolute Gasteiger partial charge is 0.259 e. The fourth-order valence-electron chi connectivity index (χ4n) is 3.25. The zero-order valence-electron chi connectivity index (χ0n) is 15.4. The maximum absolute atomic E-state index is 12.7. The lowest BCUT2D eigenvalue weighted by Gasteiger charge is -2.10. The van der Waals surface area contributed by atoms with Crippen LogP contribution in [0.25, 0.3) is 0 Å². The minimum absolute atomic E-state index is 0.141. The van der Waals surface area contributed by atoms with Crippen LogP contribution in [-0.2, 0) is 0 Å². The number of nitrogens with one attached hydrogen (secondary N) is 2. The van der Waals surface area contributed by atoms with Crippen LogP contribution in [0.4, 0.5) is 11.4 Å². The van der Waals surface area contributed by atoms with Crippen molar-refractivity contribution in [2.45, 2.75) is 6.92 Å². The van der Waals surface area contributed by atoms with Gasteiger partial charge < -0.3 is 24.8 Å². The fourth-order valence-corrected chi connectivity index (χ4v) is 3.25. The number of fused-ring (bicyclic) bond motifs is 3. The van der Waals surface area contributed by atoms with Gasteiger partial charge in [-0.2, -0.15) is 0 Å². The van der Waals surface area contributed by atoms with Crippen LogP contribution in [0, 0.1) is 6.92 Å². The maximum atomic E-state index is 12.7. The van der Waals surface area contributed by atoms with Crippen molar-refractivity contribution in [3.05, 3.63) is 71.3 Å². The van der Waals surface area contributed by atoms with Crippen molar-refractivity contribution in [3.63, 3.8) is 0 Å². The highest BCUT2D eigenvalue weighted by molar-refractivity contribution is 6.10. The highest BCUT2D eigenvalue weighted by Gasteiger charge is 2.22. The first-order chi connectivity index (χ1) is 14.1. The summed E-state index contributed by atoms with van der Waals surface area (Å²) in [5.41, 5.74) is 2.86. The van der Waals surface area contributed by atoms with Crippen LogP contribution in [0.15, 0.2) is 54.6 Å². The summed E-state index contributed by atoms with van der Waals surface area (Å²) in [6.07, 6.45) is 0. The highest BCUT2D eigenvalue weighted by Crippen LogP contribution is 2.37. The molecule has 2 aliphatic heterocycles. The van der Waals surface area contributed by atoms with Crippen LogP contribution in [-0.4, -0.2) is 18.6 Å². The van der Waals surface area contributed by atoms with Gasteiger partial charge in [0.25, 0.3) is 11.8 Å². The molecule has 0 fully saturated rings. The molecule has 0 bridgehead atoms. The van der Waals surface area contributed by atoms with Gasteiger partial charge in [0.1, 0.15) is 5.75 Å². The van der Waals surface area contributed by atoms with Gasteiger partial charge in [0.2, 0.25) is 6.79 Å². The predicted molar refractivity (Wildman–Crippen MR) is 106 cm³/mol. The average molecular weight is 388 g/mol. The molecule has 5 rings (SSSR count). The molecule has 3 aromatic rings. The summed E-state index contributed by atoms with van der Waals surface area (Å²) in [6.45, 7) is 2.08. The van der Waals surface area contributed by atoms with Crippen LogP contribution in [0.1, 0.15) is 26.3 Å². The van der Waals surface area contributed by atoms with Gasteiger partial charge in [-0.05, 0) is 61.0 Å². The van der Waals surface area contributed by atoms with Crippen molar-refractivity contribution in [1.82, 2.24) is 0 Å². The van der Waals surface area contributed by atoms with Gasteiger partial charge in [0.05, 0.1) is 11.3 Å². The first-order valence-electron chi connectivity index (χ1n) is 9.02. The third-order valence-electron chi connectivity index (χ3n) is 4.72. The number of carbonyl (C=O) groups excluding carboxylic acids is 2. The van der Waals surface area contributed by atoms with E-state index in [-0.39, 0.29) is 18.6 Å². The number of rotatable bonds is 2. The Kier molecular flexibility index (Phi) is 3.87. The van der Waals surface area contributed by atoms with E-state index in [0.717, 1.165) is 5.56 Å². The van der Waals surface area contributed by atoms with Gasteiger partial charge in [-0.25, -0.2) is 0 Å². The Bertz CT molecular complexity index is 1170. The van der Waals surface area contributed by atoms with E-state index in [1.54, 1.807) is 36.4 Å². The molecule has 2 heterocycles. The van der Waals surface area contributed by atoms with Gasteiger partial charge in [-0.15, -0.1) is 0 Å². The molecule has 3 aromatic carbocycles. The highest BCUT2D eigenvalue weighted by atomic mass is 16.7. The van der Waals surface area contributed by atoms with Crippen molar-refractivity contribution >= 4 is 23.2 Å². The van der Waals surface area contributed by atoms with E-state index in [9.17, 15) is 9.59 Å². The van der Waals surface area contributed by atoms with Gasteiger partial charge >= 0.3 is 0 Å². The third kappa shape index (κ3) is 3.12. The summed E-state index contributed by atoms with van der Waals surface area (Å²) >= 11 is 0. The number of anilines is 2. The van der Waals surface area contributed by atoms with Gasteiger partial charge in [-0.1, -0.05) is 6.07 Å². The summed E-state index contributed by atoms with van der Waals surface area (Å²) in [6, 6.07) is 15.5. The molecule has 0 saturated heterocycles. The molecule has 7 heteroatoms. The molecule has 2 aliphatic rings. The molecule has 0 aliphatic carbocycles. The largest absolute Gasteiger partial charge is 0.454 e. The first-order valence-corrected chi connectivity index (χ1v) is 9.02. The zero-order valence-corrected chi connectivity index (χ0v) is 15.4. The Hall–Kier alpha value is -4.00. The second-order valence-electron chi connectivity index (χ2n) is 6.79. The molecule has 0 radical (unpaired) electrons. The minimum Gasteiger partial charge on any atom is -0.454 e. The van der Waals surface area contributed by atoms with Crippen LogP contribution < -0.4 is 24.8 Å². The SMILES string of the molecule is Cc1ccc2c(c1)NC(=O)c1cc(NC(=O)c3ccc4c(c3)OCO4)ccc1O2. The van der Waals surface area contributed by atoms with Crippen LogP contribution >= 0.6 is 0 Å². The maximum Gasteiger partial charge on any atom is 0.259 e. The Labute approximate surface area is 166 Å². The minimum atomic E-state index is -0.322. The molecular weight excluding hydrogens is 372 g/mol. The lowest BCUT2D eigenvalue weighted by Crippen LogP contribution is -2.14. The molecule has 29 heavy (non-hydrogen) atoms. The van der Waals surface area contributed by atoms with E-state index in [2.05, 4.69) is 10.6 Å². The molecule has 0 atom stereocenters. The van der Waals surface area contributed by atoms with Crippen molar-refractivity contribution in [1.29, 1.82) is 0 Å². The Morgan fingerprint density at radius 3 is 2.62 bits per heavy atom. The Morgan fingerprint density at radius 1 is 0.931 bits per heavy atom. The van der Waals surface area contributed by atoms with E-state index in [1.807, 2.05) is 25.1 Å². The van der Waals surface area contributed by atoms with E-state index in [0.29, 0.717) is 45.5 Å². The number of benzene rings is 3. The van der Waals surface area contributed by atoms with E-state index in [4.69, 9.17) is 14.2 Å². The number of aryl methyl sites for hydroxylation is 1. The number of carbonyl (C=O) groups is 2. The Balaban J connectivity index is 1.41. The first kappa shape index (κ1) is 17.1. The predicted octanol–water partition coefficient (Wildman–Crippen LogP) is 4.33. The van der Waals surface area contributed by atoms with Crippen LogP contribution in [0.2, 0.25) is 0 Å². The molecule has 2 amide bonds. The lowest BCUT2D eigenvalue weighted by molar-refractivity contribution is 0.101. The number of amides is 2. The van der Waals surface area contributed by atoms with Gasteiger partial charge in [-0.3, -0.25) is 9.59 Å². The summed E-state index contributed by atoms with van der Waals surface area (Å²) < 4.78 is 16.5. The summed E-state index contributed by atoms with van der Waals surface area (Å²) in [7, 11) is 0. The number of hydrogen-bond donors (Lipinski definition) is 2. The van der Waals surface area contributed by atoms with E-state index < -0.39 is 0 Å². The molecule has 2 N–H and O–H groups in total. The monoisotopic (exact) mass is 388 g/mol. The second kappa shape index (κ2) is 6.56. The number of ether oxygens (including phenoxy) is 3. The average Bonchev–Trinajstić information content (AvgIpc) is 3.13. The molecule has 7 nitrogen and oxygen atoms in total. The molecule has 0 saturated carbocycles. The second-order valence-corrected chi connectivity index (χ2v) is 6.79. The van der Waals surface area contributed by atoms with Crippen LogP contribution in [0.3, 0.4) is 0 Å². The van der Waals surface area contributed by atoms with Gasteiger partial charge in [0.15, 0.2) is 17.2 Å². The molecule has 0 unspecified atom stereocenters. The third-order valence-corrected chi connectivity index (χ3v) is 4.72. The topological polar surface area (TPSA) is 85.9 Å². The fraction of sp³-hybridized carbons (Fsp3) is 0.0909. The lowest BCUT2D eigenvalue weighted by atomic mass is 10.1. The van der Waals surface area contributed by atoms with Crippen molar-refractivity contribution in [2.24, 2.45) is 0 Å². The quantitative estimate of drug-likeness (QED) is 0.682. The van der Waals surface area contributed by atoms with Gasteiger partial charge in [0, 0.05) is 11.3 Å². The van der Waals surface area contributed by atoms with E-state index >= 15 is 0 Å². The number of hydrogen-bond acceptors (Lipinski definition) is 5. The normalized spacial score (nSPS) is 13.5. The van der Waals surface area contributed by atoms with Crippen molar-refractivity contribution in [2.75, 3.05) is 17.4 Å². The summed E-state index contributed by atoms with van der Waals surface area (Å²) in [5.74, 6) is 1.50. The zero-order chi connectivity index (χ0) is 20.0. The Morgan fingerprint density at radius 2 is 1.72 bits per heavy atom. The van der Waals surface area contributed by atoms with Crippen molar-refractivity contribution in [3.8, 4) is 23.0 Å². The molecule has 0 spiro atoms. The van der Waals surface area contributed by atoms with E-state index in [1.165, 1.54) is 0 Å². The van der Waals surface area contributed by atoms with Crippen LogP contribution in [0.5, 0.6) is 23.0 Å². The summed E-state index contributed by atoms with van der Waals surface area (Å²) in [4.78, 5) is 25.3. The standard InChI is InChI=1S/C22H16N2O5/c1-12-2-5-18-16(8-12)24-22(26)15-10-14(4-7-17(15)29-18)23-21(25)13-3-6-19-20(9-13)28-11-27-19/h2-10H,11H2,1H3,(H,23,25)(H,24,26). The summed E-state index contributed by atoms with van der Waals surface area (Å²) in [5, 5.41) is 5.65. The molecule has 144 valence electrons.